The zero-order chi connectivity index (χ0) is 21.2. The first-order chi connectivity index (χ1) is 15.6. The maximum Gasteiger partial charge on any atom is 0.136 e. The van der Waals surface area contributed by atoms with Crippen molar-refractivity contribution >= 4 is 54.3 Å². The van der Waals surface area contributed by atoms with E-state index in [0.717, 1.165) is 11.2 Å². The van der Waals surface area contributed by atoms with E-state index >= 15 is 0 Å². The number of hydrogen-bond donors (Lipinski definition) is 0. The highest BCUT2D eigenvalue weighted by Gasteiger charge is 2.36. The van der Waals surface area contributed by atoms with Gasteiger partial charge in [0.1, 0.15) is 11.2 Å². The van der Waals surface area contributed by atoms with Crippen LogP contribution < -0.4 is 0 Å². The van der Waals surface area contributed by atoms with Gasteiger partial charge in [-0.25, -0.2) is 0 Å². The van der Waals surface area contributed by atoms with Crippen molar-refractivity contribution in [3.05, 3.63) is 96.1 Å². The lowest BCUT2D eigenvalue weighted by atomic mass is 9.80. The summed E-state index contributed by atoms with van der Waals surface area (Å²) in [7, 11) is 0. The lowest BCUT2D eigenvalue weighted by Gasteiger charge is -2.22. The summed E-state index contributed by atoms with van der Waals surface area (Å²) < 4.78 is 6.25. The predicted molar refractivity (Wildman–Crippen MR) is 135 cm³/mol. The van der Waals surface area contributed by atoms with Gasteiger partial charge in [-0.15, -0.1) is 0 Å². The number of hydrogen-bond acceptors (Lipinski definition) is 1. The zero-order valence-corrected chi connectivity index (χ0v) is 18.0. The van der Waals surface area contributed by atoms with Gasteiger partial charge in [-0.05, 0) is 72.8 Å². The third-order valence-electron chi connectivity index (χ3n) is 7.79. The Morgan fingerprint density at radius 2 is 1.28 bits per heavy atom. The van der Waals surface area contributed by atoms with Crippen LogP contribution in [0.5, 0.6) is 0 Å². The molecule has 0 N–H and O–H groups in total. The predicted octanol–water partition coefficient (Wildman–Crippen LogP) is 8.79. The number of benzene rings is 6. The highest BCUT2D eigenvalue weighted by atomic mass is 16.3. The van der Waals surface area contributed by atoms with Crippen LogP contribution in [0.15, 0.2) is 89.3 Å². The summed E-state index contributed by atoms with van der Waals surface area (Å²) >= 11 is 0. The molecule has 150 valence electrons. The molecule has 0 radical (unpaired) electrons. The number of fused-ring (bicyclic) bond motifs is 8. The van der Waals surface area contributed by atoms with Crippen LogP contribution >= 0.6 is 0 Å². The first kappa shape index (κ1) is 16.8. The molecule has 0 aliphatic heterocycles. The van der Waals surface area contributed by atoms with E-state index in [-0.39, 0.29) is 5.41 Å². The molecule has 32 heavy (non-hydrogen) atoms. The Morgan fingerprint density at radius 1 is 0.562 bits per heavy atom. The topological polar surface area (TPSA) is 13.1 Å². The SMILES string of the molecule is CC1(C)c2ccccc2-c2c1cc1ccc3cc4oc5ccccc5c4c4ccc2c1c34. The Kier molecular flexibility index (Phi) is 2.79. The Bertz CT molecular complexity index is 1900. The molecule has 1 nitrogen and oxygen atoms in total. The molecular formula is C31H20O. The monoisotopic (exact) mass is 408 g/mol. The van der Waals surface area contributed by atoms with Crippen LogP contribution in [0.3, 0.4) is 0 Å². The van der Waals surface area contributed by atoms with E-state index in [2.05, 4.69) is 92.7 Å². The molecule has 0 spiro atoms. The molecule has 1 aliphatic rings. The molecule has 0 saturated heterocycles. The van der Waals surface area contributed by atoms with Crippen LogP contribution in [0.4, 0.5) is 0 Å². The van der Waals surface area contributed by atoms with Gasteiger partial charge >= 0.3 is 0 Å². The van der Waals surface area contributed by atoms with Crippen molar-refractivity contribution in [3.63, 3.8) is 0 Å². The van der Waals surface area contributed by atoms with Crippen molar-refractivity contribution in [1.29, 1.82) is 0 Å². The Morgan fingerprint density at radius 3 is 2.19 bits per heavy atom. The molecule has 0 unspecified atom stereocenters. The van der Waals surface area contributed by atoms with E-state index in [4.69, 9.17) is 4.42 Å². The summed E-state index contributed by atoms with van der Waals surface area (Å²) in [4.78, 5) is 0. The Hall–Kier alpha value is -3.84. The van der Waals surface area contributed by atoms with Crippen molar-refractivity contribution in [1.82, 2.24) is 0 Å². The fraction of sp³-hybridized carbons (Fsp3) is 0.0968. The van der Waals surface area contributed by atoms with Gasteiger partial charge in [0.25, 0.3) is 0 Å². The lowest BCUT2D eigenvalue weighted by Crippen LogP contribution is -2.14. The molecule has 6 aromatic carbocycles. The average molecular weight is 409 g/mol. The molecule has 0 fully saturated rings. The number of furan rings is 1. The van der Waals surface area contributed by atoms with Gasteiger partial charge in [-0.2, -0.15) is 0 Å². The smallest absolute Gasteiger partial charge is 0.136 e. The van der Waals surface area contributed by atoms with E-state index in [1.807, 2.05) is 6.07 Å². The molecule has 1 heterocycles. The summed E-state index contributed by atoms with van der Waals surface area (Å²) in [5.41, 5.74) is 7.57. The molecule has 0 bridgehead atoms. The van der Waals surface area contributed by atoms with Crippen LogP contribution in [0.2, 0.25) is 0 Å². The van der Waals surface area contributed by atoms with E-state index in [9.17, 15) is 0 Å². The summed E-state index contributed by atoms with van der Waals surface area (Å²) in [6.45, 7) is 4.72. The van der Waals surface area contributed by atoms with Crippen LogP contribution in [-0.4, -0.2) is 0 Å². The molecular weight excluding hydrogens is 388 g/mol. The first-order valence-corrected chi connectivity index (χ1v) is 11.3. The van der Waals surface area contributed by atoms with Crippen molar-refractivity contribution < 1.29 is 4.42 Å². The van der Waals surface area contributed by atoms with Crippen molar-refractivity contribution in [2.45, 2.75) is 19.3 Å². The highest BCUT2D eigenvalue weighted by molar-refractivity contribution is 6.33. The van der Waals surface area contributed by atoms with E-state index < -0.39 is 0 Å². The normalized spacial score (nSPS) is 14.8. The molecule has 0 amide bonds. The molecule has 1 heteroatoms. The maximum absolute atomic E-state index is 6.25. The molecule has 8 rings (SSSR count). The molecule has 0 atom stereocenters. The minimum absolute atomic E-state index is 0.00437. The minimum Gasteiger partial charge on any atom is -0.456 e. The van der Waals surface area contributed by atoms with Gasteiger partial charge in [0.15, 0.2) is 0 Å². The molecule has 1 aromatic heterocycles. The molecule has 0 saturated carbocycles. The standard InChI is InChI=1S/C31H20O/c1-31(2)23-9-5-3-7-19(23)29-21-13-14-22-28-18(12-11-17(27(21)28)15-24(29)31)16-26-30(22)20-8-4-6-10-25(20)32-26/h3-16H,1-2H3. The third kappa shape index (κ3) is 1.79. The van der Waals surface area contributed by atoms with E-state index in [1.54, 1.807) is 0 Å². The van der Waals surface area contributed by atoms with Crippen molar-refractivity contribution in [2.75, 3.05) is 0 Å². The summed E-state index contributed by atoms with van der Waals surface area (Å²) in [6, 6.07) is 31.2. The second-order valence-electron chi connectivity index (χ2n) is 9.74. The van der Waals surface area contributed by atoms with Crippen LogP contribution in [0.1, 0.15) is 25.0 Å². The quantitative estimate of drug-likeness (QED) is 0.229. The van der Waals surface area contributed by atoms with Gasteiger partial charge in [0, 0.05) is 16.2 Å². The van der Waals surface area contributed by atoms with Gasteiger partial charge in [-0.3, -0.25) is 0 Å². The minimum atomic E-state index is 0.00437. The third-order valence-corrected chi connectivity index (χ3v) is 7.79. The van der Waals surface area contributed by atoms with Gasteiger partial charge in [-0.1, -0.05) is 80.6 Å². The van der Waals surface area contributed by atoms with E-state index in [0.29, 0.717) is 0 Å². The number of rotatable bonds is 0. The van der Waals surface area contributed by atoms with E-state index in [1.165, 1.54) is 65.3 Å². The summed E-state index contributed by atoms with van der Waals surface area (Å²) in [6.07, 6.45) is 0. The first-order valence-electron chi connectivity index (χ1n) is 11.3. The molecule has 7 aromatic rings. The van der Waals surface area contributed by atoms with Crippen molar-refractivity contribution in [2.24, 2.45) is 0 Å². The van der Waals surface area contributed by atoms with Crippen LogP contribution in [0.25, 0.3) is 65.4 Å². The maximum atomic E-state index is 6.25. The second-order valence-corrected chi connectivity index (χ2v) is 9.74. The zero-order valence-electron chi connectivity index (χ0n) is 18.0. The average Bonchev–Trinajstić information content (AvgIpc) is 3.30. The molecule has 1 aliphatic carbocycles. The number of para-hydroxylation sites is 1. The lowest BCUT2D eigenvalue weighted by molar-refractivity contribution is 0.661. The fourth-order valence-electron chi connectivity index (χ4n) is 6.34. The fourth-order valence-corrected chi connectivity index (χ4v) is 6.34. The van der Waals surface area contributed by atoms with Gasteiger partial charge in [0.2, 0.25) is 0 Å². The summed E-state index contributed by atoms with van der Waals surface area (Å²) in [5.74, 6) is 0. The van der Waals surface area contributed by atoms with Gasteiger partial charge < -0.3 is 4.42 Å². The Labute approximate surface area is 185 Å². The van der Waals surface area contributed by atoms with Crippen LogP contribution in [-0.2, 0) is 5.41 Å². The van der Waals surface area contributed by atoms with Crippen molar-refractivity contribution in [3.8, 4) is 11.1 Å². The second kappa shape index (κ2) is 5.31. The largest absolute Gasteiger partial charge is 0.456 e. The summed E-state index contributed by atoms with van der Waals surface area (Å²) in [5, 5.41) is 10.4. The highest BCUT2D eigenvalue weighted by Crippen LogP contribution is 2.54. The van der Waals surface area contributed by atoms with Gasteiger partial charge in [0.05, 0.1) is 0 Å². The van der Waals surface area contributed by atoms with Crippen LogP contribution in [0, 0.1) is 0 Å². The Balaban J connectivity index is 1.64.